The first-order valence-electron chi connectivity index (χ1n) is 7.18. The number of allylic oxidation sites excluding steroid dienone is 1. The van der Waals surface area contributed by atoms with E-state index < -0.39 is 16.8 Å². The van der Waals surface area contributed by atoms with E-state index in [0.29, 0.717) is 16.8 Å². The number of hydrogen-bond acceptors (Lipinski definition) is 8. The molecule has 0 fully saturated rings. The van der Waals surface area contributed by atoms with Crippen LogP contribution >= 0.6 is 0 Å². The van der Waals surface area contributed by atoms with Crippen molar-refractivity contribution in [3.63, 3.8) is 0 Å². The van der Waals surface area contributed by atoms with Crippen LogP contribution in [0.3, 0.4) is 0 Å². The maximum Gasteiger partial charge on any atom is 0.334 e. The third-order valence-corrected chi connectivity index (χ3v) is 3.92. The largest absolute Gasteiger partial charge is 0.478 e. The number of nitrogens with two attached hydrogens (primary N) is 2. The number of fused-ring (bicyclic) bond motifs is 1. The smallest absolute Gasteiger partial charge is 0.334 e. The number of carboxylic acid groups (broad SMARTS) is 1. The first-order valence-corrected chi connectivity index (χ1v) is 7.18. The van der Waals surface area contributed by atoms with Gasteiger partial charge in [0.15, 0.2) is 0 Å². The number of nitrogen functional groups attached to an aromatic ring is 2. The van der Waals surface area contributed by atoms with Crippen LogP contribution < -0.4 is 16.8 Å². The Bertz CT molecular complexity index is 940. The van der Waals surface area contributed by atoms with Gasteiger partial charge in [0.05, 0.1) is 16.4 Å². The molecule has 0 saturated heterocycles. The molecule has 1 unspecified atom stereocenters. The number of aromatic nitrogens is 2. The topological polar surface area (TPSA) is 170 Å². The third-order valence-electron chi connectivity index (χ3n) is 3.92. The van der Waals surface area contributed by atoms with Gasteiger partial charge in [0.25, 0.3) is 5.69 Å². The van der Waals surface area contributed by atoms with Crippen molar-refractivity contribution in [3.8, 4) is 0 Å². The van der Waals surface area contributed by atoms with Crippen LogP contribution in [0, 0.1) is 10.1 Å². The van der Waals surface area contributed by atoms with E-state index in [2.05, 4.69) is 15.3 Å². The van der Waals surface area contributed by atoms with Gasteiger partial charge in [-0.25, -0.2) is 4.79 Å². The molecule has 1 aliphatic rings. The van der Waals surface area contributed by atoms with Gasteiger partial charge in [0.1, 0.15) is 11.6 Å². The number of hydrogen-bond donors (Lipinski definition) is 4. The van der Waals surface area contributed by atoms with Crippen LogP contribution in [-0.4, -0.2) is 26.0 Å². The van der Waals surface area contributed by atoms with Crippen LogP contribution in [-0.2, 0) is 4.79 Å². The summed E-state index contributed by atoms with van der Waals surface area (Å²) in [6.07, 6.45) is 0. The molecule has 2 heterocycles. The molecule has 2 aromatic rings. The van der Waals surface area contributed by atoms with Crippen molar-refractivity contribution in [3.05, 3.63) is 56.8 Å². The summed E-state index contributed by atoms with van der Waals surface area (Å²) in [6, 6.07) is 5.72. The lowest BCUT2D eigenvalue weighted by atomic mass is 9.82. The Morgan fingerprint density at radius 1 is 1.36 bits per heavy atom. The van der Waals surface area contributed by atoms with Gasteiger partial charge in [-0.3, -0.25) is 10.1 Å². The van der Waals surface area contributed by atoms with Gasteiger partial charge in [0, 0.05) is 23.4 Å². The first kappa shape index (κ1) is 16.2. The highest BCUT2D eigenvalue weighted by Gasteiger charge is 2.36. The molecule has 0 spiro atoms. The summed E-state index contributed by atoms with van der Waals surface area (Å²) in [6.45, 7) is 1.57. The second-order valence-electron chi connectivity index (χ2n) is 5.48. The quantitative estimate of drug-likeness (QED) is 0.476. The van der Waals surface area contributed by atoms with Crippen molar-refractivity contribution in [1.29, 1.82) is 0 Å². The van der Waals surface area contributed by atoms with E-state index in [-0.39, 0.29) is 28.8 Å². The first-order chi connectivity index (χ1) is 11.8. The van der Waals surface area contributed by atoms with Gasteiger partial charge in [-0.05, 0) is 12.5 Å². The maximum atomic E-state index is 11.8. The number of non-ortho nitro benzene ring substituents is 1. The zero-order valence-electron chi connectivity index (χ0n) is 13.1. The van der Waals surface area contributed by atoms with Gasteiger partial charge in [-0.15, -0.1) is 0 Å². The highest BCUT2D eigenvalue weighted by Crippen LogP contribution is 2.44. The molecule has 10 nitrogen and oxygen atoms in total. The van der Waals surface area contributed by atoms with Gasteiger partial charge in [-0.2, -0.15) is 9.97 Å². The van der Waals surface area contributed by atoms with E-state index in [9.17, 15) is 20.0 Å². The molecule has 6 N–H and O–H groups in total. The zero-order chi connectivity index (χ0) is 18.3. The Labute approximate surface area is 141 Å². The van der Waals surface area contributed by atoms with E-state index >= 15 is 0 Å². The summed E-state index contributed by atoms with van der Waals surface area (Å²) in [5.74, 6) is -1.81. The minimum Gasteiger partial charge on any atom is -0.478 e. The Kier molecular flexibility index (Phi) is 3.72. The van der Waals surface area contributed by atoms with Crippen molar-refractivity contribution in [1.82, 2.24) is 9.97 Å². The van der Waals surface area contributed by atoms with Crippen LogP contribution in [0.2, 0.25) is 0 Å². The molecular formula is C15H14N6O4. The molecule has 0 radical (unpaired) electrons. The standard InChI is InChI=1S/C15H14N6O4/c1-6-9(14(22)23)10(7-3-2-4-8(5-7)21(24)25)11-12(16)19-15(17)20-13(11)18-6/h2-5,10H,1H3,(H,22,23)(H5,16,17,18,19,20). The third kappa shape index (κ3) is 2.69. The molecular weight excluding hydrogens is 328 g/mol. The van der Waals surface area contributed by atoms with Crippen LogP contribution in [0.15, 0.2) is 35.5 Å². The number of carbonyl (C=O) groups is 1. The fourth-order valence-electron chi connectivity index (χ4n) is 2.93. The number of anilines is 3. The second kappa shape index (κ2) is 5.74. The molecule has 1 aromatic heterocycles. The predicted molar refractivity (Wildman–Crippen MR) is 89.8 cm³/mol. The zero-order valence-corrected chi connectivity index (χ0v) is 13.1. The van der Waals surface area contributed by atoms with Gasteiger partial charge >= 0.3 is 5.97 Å². The molecule has 0 saturated carbocycles. The van der Waals surface area contributed by atoms with Crippen molar-refractivity contribution >= 4 is 29.2 Å². The number of nitrogens with zero attached hydrogens (tertiary/aromatic N) is 3. The number of nitrogens with one attached hydrogen (secondary N) is 1. The van der Waals surface area contributed by atoms with Crippen molar-refractivity contribution < 1.29 is 14.8 Å². The number of nitro benzene ring substituents is 1. The lowest BCUT2D eigenvalue weighted by Gasteiger charge is -2.29. The molecule has 10 heteroatoms. The molecule has 0 aliphatic carbocycles. The lowest BCUT2D eigenvalue weighted by molar-refractivity contribution is -0.384. The van der Waals surface area contributed by atoms with Gasteiger partial charge in [-0.1, -0.05) is 12.1 Å². The minimum absolute atomic E-state index is 0.00747. The fourth-order valence-corrected chi connectivity index (χ4v) is 2.93. The highest BCUT2D eigenvalue weighted by atomic mass is 16.6. The SMILES string of the molecule is CC1=C(C(=O)O)C(c2cccc([N+](=O)[O-])c2)c2c(N)nc(N)nc2N1. The minimum atomic E-state index is -1.18. The Balaban J connectivity index is 2.30. The molecule has 128 valence electrons. The number of aliphatic carboxylic acids is 1. The molecule has 1 aromatic carbocycles. The van der Waals surface area contributed by atoms with Crippen LogP contribution in [0.25, 0.3) is 0 Å². The Morgan fingerprint density at radius 2 is 2.08 bits per heavy atom. The van der Waals surface area contributed by atoms with E-state index in [1.165, 1.54) is 18.2 Å². The lowest BCUT2D eigenvalue weighted by Crippen LogP contribution is -2.25. The molecule has 0 amide bonds. The summed E-state index contributed by atoms with van der Waals surface area (Å²) < 4.78 is 0. The molecule has 0 bridgehead atoms. The van der Waals surface area contributed by atoms with Crippen LogP contribution in [0.4, 0.5) is 23.3 Å². The average molecular weight is 342 g/mol. The van der Waals surface area contributed by atoms with Crippen LogP contribution in [0.5, 0.6) is 0 Å². The highest BCUT2D eigenvalue weighted by molar-refractivity contribution is 5.93. The average Bonchev–Trinajstić information content (AvgIpc) is 2.52. The Morgan fingerprint density at radius 3 is 2.72 bits per heavy atom. The normalized spacial score (nSPS) is 16.1. The second-order valence-corrected chi connectivity index (χ2v) is 5.48. The number of benzene rings is 1. The maximum absolute atomic E-state index is 11.8. The van der Waals surface area contributed by atoms with Gasteiger partial charge < -0.3 is 21.9 Å². The van der Waals surface area contributed by atoms with E-state index in [1.54, 1.807) is 13.0 Å². The summed E-state index contributed by atoms with van der Waals surface area (Å²) in [7, 11) is 0. The molecule has 1 atom stereocenters. The summed E-state index contributed by atoms with van der Waals surface area (Å²) in [5.41, 5.74) is 12.5. The van der Waals surface area contributed by atoms with Crippen molar-refractivity contribution in [2.75, 3.05) is 16.8 Å². The fraction of sp³-hybridized carbons (Fsp3) is 0.133. The molecule has 25 heavy (non-hydrogen) atoms. The van der Waals surface area contributed by atoms with Crippen LogP contribution in [0.1, 0.15) is 24.0 Å². The Hall–Kier alpha value is -3.69. The molecule has 1 aliphatic heterocycles. The number of rotatable bonds is 3. The van der Waals surface area contributed by atoms with E-state index in [4.69, 9.17) is 11.5 Å². The van der Waals surface area contributed by atoms with Crippen molar-refractivity contribution in [2.45, 2.75) is 12.8 Å². The van der Waals surface area contributed by atoms with Crippen molar-refractivity contribution in [2.24, 2.45) is 0 Å². The summed E-state index contributed by atoms with van der Waals surface area (Å²) >= 11 is 0. The monoisotopic (exact) mass is 342 g/mol. The predicted octanol–water partition coefficient (Wildman–Crippen LogP) is 1.47. The number of nitro groups is 1. The van der Waals surface area contributed by atoms with E-state index in [0.717, 1.165) is 0 Å². The van der Waals surface area contributed by atoms with Gasteiger partial charge in [0.2, 0.25) is 5.95 Å². The summed E-state index contributed by atoms with van der Waals surface area (Å²) in [4.78, 5) is 30.3. The van der Waals surface area contributed by atoms with E-state index in [1.807, 2.05) is 0 Å². The number of carboxylic acids is 1. The summed E-state index contributed by atoms with van der Waals surface area (Å²) in [5, 5.41) is 23.6. The molecule has 3 rings (SSSR count).